The second-order valence-electron chi connectivity index (χ2n) is 2.02. The van der Waals surface area contributed by atoms with Gasteiger partial charge in [-0.3, -0.25) is 51.2 Å². The summed E-state index contributed by atoms with van der Waals surface area (Å²) >= 11 is 0. The van der Waals surface area contributed by atoms with Gasteiger partial charge in [0.25, 0.3) is 0 Å². The first-order chi connectivity index (χ1) is 12.1. The molecule has 0 amide bonds. The Balaban J connectivity index is -0.00000000955. The third kappa shape index (κ3) is 2470. The maximum Gasteiger partial charge on any atom is 3.00 e. The van der Waals surface area contributed by atoms with Crippen LogP contribution in [0, 0.1) is 0 Å². The number of hydrogen-bond acceptors (Lipinski definition) is 21. The van der Waals surface area contributed by atoms with Gasteiger partial charge in [-0.1, -0.05) is 0 Å². The topological polar surface area (TPSA) is 484 Å². The summed E-state index contributed by atoms with van der Waals surface area (Å²) in [7, 11) is -20.4. The summed E-state index contributed by atoms with van der Waals surface area (Å²) < 4.78 is 0. The van der Waals surface area contributed by atoms with Crippen LogP contribution >= 0.6 is 0 Å². The zero-order valence-corrected chi connectivity index (χ0v) is 28.0. The smallest absolute Gasteiger partial charge is 0.907 e. The Morgan fingerprint density at radius 1 is 0.189 bits per heavy atom. The van der Waals surface area contributed by atoms with Crippen molar-refractivity contribution in [2.75, 3.05) is 0 Å². The van der Waals surface area contributed by atoms with Crippen molar-refractivity contribution in [3.8, 4) is 0 Å². The first-order valence-electron chi connectivity index (χ1n) is 4.95. The molecule has 0 aliphatic rings. The zero-order valence-electron chi connectivity index (χ0n) is 16.9. The minimum absolute atomic E-state index is 0. The summed E-state index contributed by atoms with van der Waals surface area (Å²) in [5, 5.41) is 177. The van der Waals surface area contributed by atoms with Crippen molar-refractivity contribution < 1.29 is 208 Å². The zero-order chi connectivity index (χ0) is 25.0. The quantitative estimate of drug-likeness (QED) is 0.205. The Morgan fingerprint density at radius 2 is 0.189 bits per heavy atom. The standard InChI is InChI=1S/7BO3.3Fe.3Mg.3Mn/c7*2-1(3)4;;;;;;;;;/q7*-3;3*+3;6*+2. The molecule has 21 nitrogen and oxygen atoms in total. The van der Waals surface area contributed by atoms with E-state index in [0.717, 1.165) is 0 Å². The second-order valence-corrected chi connectivity index (χ2v) is 2.02. The van der Waals surface area contributed by atoms with E-state index >= 15 is 0 Å². The minimum Gasteiger partial charge on any atom is -0.907 e. The van der Waals surface area contributed by atoms with Gasteiger partial charge in [-0.25, -0.2) is 0 Å². The summed E-state index contributed by atoms with van der Waals surface area (Å²) in [6, 6.07) is 0. The van der Waals surface area contributed by atoms with E-state index in [0.29, 0.717) is 0 Å². The normalized spacial score (nSPS) is 5.11. The molecule has 0 aliphatic heterocycles. The molecule has 0 N–H and O–H groups in total. The molecule has 0 saturated heterocycles. The van der Waals surface area contributed by atoms with Gasteiger partial charge in [-0.05, 0) is 0 Å². The molecule has 0 rings (SSSR count). The Hall–Kier alpha value is 5.03. The number of hydrogen-bond donors (Lipinski definition) is 0. The van der Waals surface area contributed by atoms with Crippen molar-refractivity contribution in [1.29, 1.82) is 0 Å². The maximum absolute atomic E-state index is 8.42. The third-order valence-electron chi connectivity index (χ3n) is 0. The first kappa shape index (κ1) is 104. The summed E-state index contributed by atoms with van der Waals surface area (Å²) in [5.74, 6) is 0. The fraction of sp³-hybridized carbons (Fsp3) is 0. The summed E-state index contributed by atoms with van der Waals surface area (Å²) in [5.41, 5.74) is 0. The Kier molecular flexibility index (Phi) is 274. The predicted octanol–water partition coefficient (Wildman–Crippen LogP) is -28.8. The Morgan fingerprint density at radius 3 is 0.189 bits per heavy atom. The molecule has 0 aromatic carbocycles. The fourth-order valence-corrected chi connectivity index (χ4v) is 0. The van der Waals surface area contributed by atoms with Crippen molar-refractivity contribution in [2.45, 2.75) is 0 Å². The van der Waals surface area contributed by atoms with Crippen LogP contribution in [0.2, 0.25) is 0 Å². The van der Waals surface area contributed by atoms with Crippen molar-refractivity contribution in [1.82, 2.24) is 0 Å². The van der Waals surface area contributed by atoms with E-state index in [2.05, 4.69) is 0 Å². The van der Waals surface area contributed by atoms with Crippen LogP contribution in [-0.2, 0) is 102 Å². The molecule has 0 atom stereocenters. The molecule has 198 valence electrons. The predicted molar refractivity (Wildman–Crippen MR) is 57.5 cm³/mol. The van der Waals surface area contributed by atoms with Crippen LogP contribution in [0.15, 0.2) is 0 Å². The van der Waals surface area contributed by atoms with Gasteiger partial charge < -0.3 is 106 Å². The third-order valence-corrected chi connectivity index (χ3v) is 0. The SMILES string of the molecule is [Fe+3].[Fe+3].[Fe+3].[Mg+2].[Mg+2].[Mg+2].[Mn+2].[Mn+2].[Mn+2].[O-]B([O-])[O-].[O-]B([O-])[O-].[O-]B([O-])[O-].[O-]B([O-])[O-].[O-]B([O-])[O-].[O-]B([O-])[O-].[O-]B([O-])[O-]. The van der Waals surface area contributed by atoms with Crippen molar-refractivity contribution >= 4 is 120 Å². The molecule has 0 aliphatic carbocycles. The van der Waals surface area contributed by atoms with E-state index in [4.69, 9.17) is 106 Å². The van der Waals surface area contributed by atoms with Crippen molar-refractivity contribution in [3.63, 3.8) is 0 Å². The molecule has 0 aromatic rings. The minimum atomic E-state index is -2.92. The average molecular weight is 817 g/mol. The largest absolute Gasteiger partial charge is 3.00 e. The first-order valence-corrected chi connectivity index (χ1v) is 4.95. The van der Waals surface area contributed by atoms with Crippen LogP contribution in [-0.4, -0.2) is 120 Å². The van der Waals surface area contributed by atoms with Gasteiger partial charge in [0, 0.05) is 0 Å². The van der Waals surface area contributed by atoms with Crippen LogP contribution in [0.1, 0.15) is 0 Å². The number of rotatable bonds is 0. The Labute approximate surface area is 324 Å². The van der Waals surface area contributed by atoms with Crippen molar-refractivity contribution in [3.05, 3.63) is 0 Å². The van der Waals surface area contributed by atoms with Crippen LogP contribution in [0.25, 0.3) is 0 Å². The molecule has 0 spiro atoms. The molecule has 0 unspecified atom stereocenters. The van der Waals surface area contributed by atoms with E-state index in [9.17, 15) is 0 Å². The fourth-order valence-electron chi connectivity index (χ4n) is 0. The van der Waals surface area contributed by atoms with Gasteiger partial charge in [-0.15, -0.1) is 0 Å². The molecule has 0 fully saturated rings. The van der Waals surface area contributed by atoms with Gasteiger partial charge >= 0.3 is 172 Å². The van der Waals surface area contributed by atoms with Gasteiger partial charge in [-0.2, -0.15) is 0 Å². The van der Waals surface area contributed by atoms with E-state index < -0.39 is 51.2 Å². The molecule has 0 aromatic heterocycles. The monoisotopic (exact) mass is 818 g/mol. The molecule has 6 radical (unpaired) electrons. The van der Waals surface area contributed by atoms with E-state index in [1.54, 1.807) is 0 Å². The van der Waals surface area contributed by atoms with E-state index in [-0.39, 0.29) is 172 Å². The van der Waals surface area contributed by atoms with Gasteiger partial charge in [0.15, 0.2) is 0 Å². The van der Waals surface area contributed by atoms with Crippen molar-refractivity contribution in [2.24, 2.45) is 0 Å². The Bertz CT molecular complexity index is 159. The molecular weight excluding hydrogens is 817 g/mol. The van der Waals surface area contributed by atoms with Crippen LogP contribution in [0.4, 0.5) is 0 Å². The summed E-state index contributed by atoms with van der Waals surface area (Å²) in [6.45, 7) is 0. The molecular formula is B7Fe3Mg3Mn3O21. The van der Waals surface area contributed by atoms with E-state index in [1.165, 1.54) is 0 Å². The molecule has 37 heavy (non-hydrogen) atoms. The van der Waals surface area contributed by atoms with Crippen LogP contribution in [0.5, 0.6) is 0 Å². The molecule has 0 bridgehead atoms. The van der Waals surface area contributed by atoms with Gasteiger partial charge in [0.05, 0.1) is 0 Å². The summed E-state index contributed by atoms with van der Waals surface area (Å²) in [4.78, 5) is 0. The van der Waals surface area contributed by atoms with Crippen LogP contribution < -0.4 is 106 Å². The van der Waals surface area contributed by atoms with Gasteiger partial charge in [0.1, 0.15) is 0 Å². The summed E-state index contributed by atoms with van der Waals surface area (Å²) in [6.07, 6.45) is 0. The van der Waals surface area contributed by atoms with Crippen LogP contribution in [0.3, 0.4) is 0 Å². The maximum atomic E-state index is 8.42. The van der Waals surface area contributed by atoms with Gasteiger partial charge in [0.2, 0.25) is 0 Å². The second kappa shape index (κ2) is 97.0. The molecule has 37 heteroatoms. The van der Waals surface area contributed by atoms with E-state index in [1.807, 2.05) is 0 Å². The average Bonchev–Trinajstić information content (AvgIpc) is 2.20. The molecule has 0 heterocycles. The molecule has 0 saturated carbocycles.